The Kier molecular flexibility index (Phi) is 6.72. The van der Waals surface area contributed by atoms with E-state index in [1.54, 1.807) is 31.4 Å². The molecule has 0 saturated heterocycles. The van der Waals surface area contributed by atoms with Crippen LogP contribution < -0.4 is 14.8 Å². The molecule has 0 unspecified atom stereocenters. The molecular weight excluding hydrogens is 376 g/mol. The van der Waals surface area contributed by atoms with Crippen molar-refractivity contribution in [1.82, 2.24) is 5.32 Å². The maximum Gasteiger partial charge on any atom is 0.253 e. The van der Waals surface area contributed by atoms with Gasteiger partial charge in [-0.05, 0) is 60.7 Å². The van der Waals surface area contributed by atoms with Crippen LogP contribution in [0.3, 0.4) is 0 Å². The summed E-state index contributed by atoms with van der Waals surface area (Å²) in [5, 5.41) is 2.97. The first-order valence-electron chi connectivity index (χ1n) is 9.09. The molecule has 2 aromatic rings. The van der Waals surface area contributed by atoms with Crippen molar-refractivity contribution in [3.05, 3.63) is 58.7 Å². The van der Waals surface area contributed by atoms with E-state index in [2.05, 4.69) is 30.0 Å². The summed E-state index contributed by atoms with van der Waals surface area (Å²) in [6.45, 7) is 8.06. The van der Waals surface area contributed by atoms with Gasteiger partial charge in [-0.2, -0.15) is 0 Å². The van der Waals surface area contributed by atoms with Crippen LogP contribution in [0.4, 0.5) is 5.69 Å². The van der Waals surface area contributed by atoms with Gasteiger partial charge in [-0.25, -0.2) is 8.42 Å². The van der Waals surface area contributed by atoms with Gasteiger partial charge >= 0.3 is 0 Å². The van der Waals surface area contributed by atoms with Crippen LogP contribution in [-0.2, 0) is 10.0 Å². The lowest BCUT2D eigenvalue weighted by molar-refractivity contribution is 0.0940. The molecule has 0 radical (unpaired) electrons. The fourth-order valence-electron chi connectivity index (χ4n) is 3.13. The molecule has 28 heavy (non-hydrogen) atoms. The number of hydrogen-bond acceptors (Lipinski definition) is 4. The number of sulfonamides is 1. The normalized spacial score (nSPS) is 12.5. The highest BCUT2D eigenvalue weighted by Gasteiger charge is 2.19. The molecule has 0 spiro atoms. The summed E-state index contributed by atoms with van der Waals surface area (Å²) < 4.78 is 31.0. The van der Waals surface area contributed by atoms with Crippen LogP contribution in [0.2, 0.25) is 0 Å². The van der Waals surface area contributed by atoms with Crippen LogP contribution >= 0.6 is 0 Å². The summed E-state index contributed by atoms with van der Waals surface area (Å²) in [5.41, 5.74) is 3.60. The quantitative estimate of drug-likeness (QED) is 0.731. The van der Waals surface area contributed by atoms with E-state index in [4.69, 9.17) is 4.74 Å². The van der Waals surface area contributed by atoms with Gasteiger partial charge in [0.2, 0.25) is 10.0 Å². The molecule has 0 aliphatic carbocycles. The number of aryl methyl sites for hydroxylation is 1. The number of carbonyl (C=O) groups is 1. The minimum atomic E-state index is -3.49. The molecule has 0 saturated carbocycles. The van der Waals surface area contributed by atoms with E-state index in [9.17, 15) is 13.2 Å². The maximum atomic E-state index is 12.8. The Balaban J connectivity index is 2.32. The molecule has 1 atom stereocenters. The fourth-order valence-corrected chi connectivity index (χ4v) is 3.71. The van der Waals surface area contributed by atoms with E-state index in [1.807, 2.05) is 19.9 Å². The first-order chi connectivity index (χ1) is 13.0. The first kappa shape index (κ1) is 21.8. The van der Waals surface area contributed by atoms with Gasteiger partial charge in [0.1, 0.15) is 5.75 Å². The third-order valence-electron chi connectivity index (χ3n) is 4.52. The predicted octanol–water partition coefficient (Wildman–Crippen LogP) is 3.99. The molecule has 2 rings (SSSR count). The minimum absolute atomic E-state index is 0.254. The topological polar surface area (TPSA) is 84.5 Å². The summed E-state index contributed by atoms with van der Waals surface area (Å²) in [5.74, 6) is 0.759. The Morgan fingerprint density at radius 1 is 1.07 bits per heavy atom. The van der Waals surface area contributed by atoms with E-state index in [1.165, 1.54) is 0 Å². The van der Waals surface area contributed by atoms with Crippen LogP contribution in [0, 0.1) is 6.92 Å². The van der Waals surface area contributed by atoms with Gasteiger partial charge in [0.15, 0.2) is 0 Å². The van der Waals surface area contributed by atoms with Gasteiger partial charge in [0.05, 0.1) is 30.7 Å². The summed E-state index contributed by atoms with van der Waals surface area (Å²) in [7, 11) is -1.84. The van der Waals surface area contributed by atoms with Gasteiger partial charge in [0, 0.05) is 0 Å². The van der Waals surface area contributed by atoms with Crippen LogP contribution in [0.1, 0.15) is 59.8 Å². The number of hydrogen-bond donors (Lipinski definition) is 2. The lowest BCUT2D eigenvalue weighted by Gasteiger charge is -2.21. The predicted molar refractivity (Wildman–Crippen MR) is 113 cm³/mol. The molecule has 7 heteroatoms. The highest BCUT2D eigenvalue weighted by atomic mass is 32.2. The number of benzene rings is 2. The standard InChI is InChI=1S/C21H28N2O4S/c1-13(2)17-12-18(14(3)11-20(17)27-5)15(4)22-21(24)16-9-7-8-10-19(16)23-28(6,25)26/h7-13,15,23H,1-6H3,(H,22,24)/t15-/m0/s1. The number of amides is 1. The van der Waals surface area contributed by atoms with Gasteiger partial charge < -0.3 is 10.1 Å². The molecule has 0 aliphatic heterocycles. The zero-order valence-corrected chi connectivity index (χ0v) is 18.0. The van der Waals surface area contributed by atoms with Crippen molar-refractivity contribution in [1.29, 1.82) is 0 Å². The van der Waals surface area contributed by atoms with E-state index < -0.39 is 10.0 Å². The molecule has 2 aromatic carbocycles. The number of methoxy groups -OCH3 is 1. The van der Waals surface area contributed by atoms with Crippen molar-refractivity contribution >= 4 is 21.6 Å². The molecule has 1 amide bonds. The molecule has 6 nitrogen and oxygen atoms in total. The van der Waals surface area contributed by atoms with Crippen LogP contribution in [-0.4, -0.2) is 27.7 Å². The van der Waals surface area contributed by atoms with Crippen molar-refractivity contribution in [2.24, 2.45) is 0 Å². The average Bonchev–Trinajstić information content (AvgIpc) is 2.59. The van der Waals surface area contributed by atoms with E-state index >= 15 is 0 Å². The maximum absolute atomic E-state index is 12.8. The summed E-state index contributed by atoms with van der Waals surface area (Å²) in [4.78, 5) is 12.8. The number of anilines is 1. The zero-order valence-electron chi connectivity index (χ0n) is 17.2. The fraction of sp³-hybridized carbons (Fsp3) is 0.381. The molecule has 0 heterocycles. The zero-order chi connectivity index (χ0) is 21.1. The Morgan fingerprint density at radius 2 is 1.71 bits per heavy atom. The number of carbonyl (C=O) groups excluding carboxylic acids is 1. The number of ether oxygens (including phenoxy) is 1. The lowest BCUT2D eigenvalue weighted by Crippen LogP contribution is -2.28. The van der Waals surface area contributed by atoms with Crippen molar-refractivity contribution in [3.63, 3.8) is 0 Å². The summed E-state index contributed by atoms with van der Waals surface area (Å²) in [6, 6.07) is 10.3. The van der Waals surface area contributed by atoms with Gasteiger partial charge in [0.25, 0.3) is 5.91 Å². The molecule has 0 fully saturated rings. The summed E-state index contributed by atoms with van der Waals surface area (Å²) in [6.07, 6.45) is 1.05. The van der Waals surface area contributed by atoms with Gasteiger partial charge in [-0.3, -0.25) is 9.52 Å². The molecule has 2 N–H and O–H groups in total. The first-order valence-corrected chi connectivity index (χ1v) is 11.0. The smallest absolute Gasteiger partial charge is 0.253 e. The Hall–Kier alpha value is -2.54. The second-order valence-corrected chi connectivity index (χ2v) is 8.97. The van der Waals surface area contributed by atoms with E-state index in [0.29, 0.717) is 0 Å². The molecule has 0 aromatic heterocycles. The monoisotopic (exact) mass is 404 g/mol. The second-order valence-electron chi connectivity index (χ2n) is 7.22. The number of rotatable bonds is 7. The highest BCUT2D eigenvalue weighted by Crippen LogP contribution is 2.32. The van der Waals surface area contributed by atoms with Crippen LogP contribution in [0.25, 0.3) is 0 Å². The Bertz CT molecular complexity index is 968. The number of para-hydroxylation sites is 1. The lowest BCUT2D eigenvalue weighted by atomic mass is 9.93. The molecule has 152 valence electrons. The third kappa shape index (κ3) is 5.25. The Morgan fingerprint density at radius 3 is 2.29 bits per heavy atom. The SMILES string of the molecule is COc1cc(C)c([C@H](C)NC(=O)c2ccccc2NS(C)(=O)=O)cc1C(C)C. The largest absolute Gasteiger partial charge is 0.496 e. The number of nitrogens with one attached hydrogen (secondary N) is 2. The van der Waals surface area contributed by atoms with Gasteiger partial charge in [-0.1, -0.05) is 26.0 Å². The van der Waals surface area contributed by atoms with Crippen LogP contribution in [0.5, 0.6) is 5.75 Å². The van der Waals surface area contributed by atoms with E-state index in [0.717, 1.165) is 28.7 Å². The summed E-state index contributed by atoms with van der Waals surface area (Å²) >= 11 is 0. The van der Waals surface area contributed by atoms with Gasteiger partial charge in [-0.15, -0.1) is 0 Å². The molecule has 0 aliphatic rings. The second kappa shape index (κ2) is 8.65. The molecular formula is C21H28N2O4S. The van der Waals surface area contributed by atoms with Crippen molar-refractivity contribution in [3.8, 4) is 5.75 Å². The van der Waals surface area contributed by atoms with E-state index in [-0.39, 0.29) is 29.1 Å². The minimum Gasteiger partial charge on any atom is -0.496 e. The molecule has 0 bridgehead atoms. The van der Waals surface area contributed by atoms with Crippen molar-refractivity contribution in [2.75, 3.05) is 18.1 Å². The van der Waals surface area contributed by atoms with Crippen molar-refractivity contribution < 1.29 is 17.9 Å². The highest BCUT2D eigenvalue weighted by molar-refractivity contribution is 7.92. The average molecular weight is 405 g/mol. The third-order valence-corrected chi connectivity index (χ3v) is 5.11. The van der Waals surface area contributed by atoms with Crippen LogP contribution in [0.15, 0.2) is 36.4 Å². The Labute approximate surface area is 167 Å². The van der Waals surface area contributed by atoms with Crippen molar-refractivity contribution in [2.45, 2.75) is 39.7 Å².